The number of ether oxygens (including phenoxy) is 1. The van der Waals surface area contributed by atoms with Gasteiger partial charge in [-0.05, 0) is 31.9 Å². The Morgan fingerprint density at radius 1 is 1.30 bits per heavy atom. The van der Waals surface area contributed by atoms with Gasteiger partial charge < -0.3 is 14.6 Å². The van der Waals surface area contributed by atoms with Crippen LogP contribution < -0.4 is 10.1 Å². The van der Waals surface area contributed by atoms with E-state index in [0.29, 0.717) is 23.4 Å². The molecule has 1 heterocycles. The van der Waals surface area contributed by atoms with E-state index in [9.17, 15) is 4.79 Å². The summed E-state index contributed by atoms with van der Waals surface area (Å²) in [6, 6.07) is 7.79. The van der Waals surface area contributed by atoms with Crippen LogP contribution in [0.2, 0.25) is 0 Å². The average molecular weight is 316 g/mol. The average Bonchev–Trinajstić information content (AvgIpc) is 2.89. The summed E-state index contributed by atoms with van der Waals surface area (Å²) < 4.78 is 10.6. The molecule has 0 aliphatic heterocycles. The molecule has 0 bridgehead atoms. The maximum atomic E-state index is 12.6. The molecule has 0 saturated carbocycles. The van der Waals surface area contributed by atoms with E-state index in [0.717, 1.165) is 11.3 Å². The molecule has 1 N–H and O–H groups in total. The van der Waals surface area contributed by atoms with E-state index in [1.807, 2.05) is 45.0 Å². The lowest BCUT2D eigenvalue weighted by molar-refractivity contribution is 0.0937. The molecule has 23 heavy (non-hydrogen) atoms. The van der Waals surface area contributed by atoms with Gasteiger partial charge in [0.2, 0.25) is 0 Å². The molecule has 5 nitrogen and oxygen atoms in total. The number of hydrogen-bond donors (Lipinski definition) is 1. The lowest BCUT2D eigenvalue weighted by Crippen LogP contribution is -2.34. The molecule has 0 spiro atoms. The van der Waals surface area contributed by atoms with Crippen molar-refractivity contribution in [2.75, 3.05) is 7.11 Å². The van der Waals surface area contributed by atoms with Crippen molar-refractivity contribution in [3.05, 3.63) is 46.8 Å². The first-order valence-corrected chi connectivity index (χ1v) is 7.83. The summed E-state index contributed by atoms with van der Waals surface area (Å²) in [4.78, 5) is 12.6. The topological polar surface area (TPSA) is 64.4 Å². The Hall–Kier alpha value is -2.30. The fraction of sp³-hybridized carbons (Fsp3) is 0.444. The SMILES string of the molecule is COc1ccccc1C[C@H](C)NC(=O)c1c(C)noc1C(C)C. The van der Waals surface area contributed by atoms with Crippen LogP contribution in [0.5, 0.6) is 5.75 Å². The van der Waals surface area contributed by atoms with E-state index in [4.69, 9.17) is 9.26 Å². The van der Waals surface area contributed by atoms with Gasteiger partial charge in [0.1, 0.15) is 11.3 Å². The Labute approximate surface area is 137 Å². The summed E-state index contributed by atoms with van der Waals surface area (Å²) in [5.74, 6) is 1.43. The van der Waals surface area contributed by atoms with Gasteiger partial charge in [0.15, 0.2) is 5.76 Å². The lowest BCUT2D eigenvalue weighted by Gasteiger charge is -2.16. The van der Waals surface area contributed by atoms with Crippen molar-refractivity contribution in [2.45, 2.75) is 46.1 Å². The Bertz CT molecular complexity index is 677. The van der Waals surface area contributed by atoms with Crippen LogP contribution in [0, 0.1) is 6.92 Å². The second-order valence-corrected chi connectivity index (χ2v) is 6.05. The number of methoxy groups -OCH3 is 1. The van der Waals surface area contributed by atoms with Gasteiger partial charge in [-0.2, -0.15) is 0 Å². The number of nitrogens with zero attached hydrogens (tertiary/aromatic N) is 1. The molecule has 1 amide bonds. The summed E-state index contributed by atoms with van der Waals surface area (Å²) in [5, 5.41) is 6.95. The predicted octanol–water partition coefficient (Wildman–Crippen LogP) is 3.48. The molecule has 5 heteroatoms. The molecule has 1 aromatic carbocycles. The Morgan fingerprint density at radius 3 is 2.65 bits per heavy atom. The number of aryl methyl sites for hydroxylation is 1. The first kappa shape index (κ1) is 17.1. The lowest BCUT2D eigenvalue weighted by atomic mass is 10.0. The van der Waals surface area contributed by atoms with Gasteiger partial charge in [-0.15, -0.1) is 0 Å². The van der Waals surface area contributed by atoms with Crippen molar-refractivity contribution >= 4 is 5.91 Å². The van der Waals surface area contributed by atoms with Crippen molar-refractivity contribution in [3.8, 4) is 5.75 Å². The molecular formula is C18H24N2O3. The number of benzene rings is 1. The molecule has 2 aromatic rings. The fourth-order valence-electron chi connectivity index (χ4n) is 2.61. The summed E-state index contributed by atoms with van der Waals surface area (Å²) >= 11 is 0. The van der Waals surface area contributed by atoms with Crippen LogP contribution in [0.1, 0.15) is 54.1 Å². The summed E-state index contributed by atoms with van der Waals surface area (Å²) in [6.07, 6.45) is 0.692. The highest BCUT2D eigenvalue weighted by molar-refractivity contribution is 5.96. The molecule has 0 aliphatic rings. The first-order valence-electron chi connectivity index (χ1n) is 7.83. The second-order valence-electron chi connectivity index (χ2n) is 6.05. The van der Waals surface area contributed by atoms with Crippen molar-refractivity contribution in [1.29, 1.82) is 0 Å². The molecule has 0 aliphatic carbocycles. The van der Waals surface area contributed by atoms with Crippen LogP contribution in [-0.2, 0) is 6.42 Å². The number of nitrogens with one attached hydrogen (secondary N) is 1. The van der Waals surface area contributed by atoms with Crippen LogP contribution in [0.25, 0.3) is 0 Å². The molecular weight excluding hydrogens is 292 g/mol. The fourth-order valence-corrected chi connectivity index (χ4v) is 2.61. The number of carbonyl (C=O) groups excluding carboxylic acids is 1. The van der Waals surface area contributed by atoms with Crippen molar-refractivity contribution in [1.82, 2.24) is 10.5 Å². The van der Waals surface area contributed by atoms with Gasteiger partial charge in [-0.1, -0.05) is 37.2 Å². The van der Waals surface area contributed by atoms with E-state index in [1.165, 1.54) is 0 Å². The maximum absolute atomic E-state index is 12.6. The quantitative estimate of drug-likeness (QED) is 0.886. The van der Waals surface area contributed by atoms with Crippen LogP contribution in [0.3, 0.4) is 0 Å². The normalized spacial score (nSPS) is 12.3. The second kappa shape index (κ2) is 7.31. The summed E-state index contributed by atoms with van der Waals surface area (Å²) in [6.45, 7) is 7.72. The number of carbonyl (C=O) groups is 1. The summed E-state index contributed by atoms with van der Waals surface area (Å²) in [7, 11) is 1.65. The predicted molar refractivity (Wildman–Crippen MR) is 89.0 cm³/mol. The van der Waals surface area contributed by atoms with Crippen LogP contribution in [0.15, 0.2) is 28.8 Å². The highest BCUT2D eigenvalue weighted by atomic mass is 16.5. The van der Waals surface area contributed by atoms with Crippen molar-refractivity contribution in [2.24, 2.45) is 0 Å². The molecule has 0 unspecified atom stereocenters. The molecule has 124 valence electrons. The zero-order valence-corrected chi connectivity index (χ0v) is 14.3. The van der Waals surface area contributed by atoms with Crippen LogP contribution in [-0.4, -0.2) is 24.2 Å². The molecule has 1 aromatic heterocycles. The summed E-state index contributed by atoms with van der Waals surface area (Å²) in [5.41, 5.74) is 2.23. The molecule has 0 radical (unpaired) electrons. The largest absolute Gasteiger partial charge is 0.496 e. The number of amides is 1. The number of hydrogen-bond acceptors (Lipinski definition) is 4. The zero-order valence-electron chi connectivity index (χ0n) is 14.3. The highest BCUT2D eigenvalue weighted by Gasteiger charge is 2.23. The Morgan fingerprint density at radius 2 is 2.00 bits per heavy atom. The van der Waals surface area contributed by atoms with Crippen LogP contribution in [0.4, 0.5) is 0 Å². The van der Waals surface area contributed by atoms with E-state index < -0.39 is 0 Å². The molecule has 0 saturated heterocycles. The first-order chi connectivity index (χ1) is 10.9. The van der Waals surface area contributed by atoms with E-state index >= 15 is 0 Å². The Balaban J connectivity index is 2.10. The van der Waals surface area contributed by atoms with Crippen LogP contribution >= 0.6 is 0 Å². The van der Waals surface area contributed by atoms with Gasteiger partial charge in [-0.3, -0.25) is 4.79 Å². The van der Waals surface area contributed by atoms with Gasteiger partial charge >= 0.3 is 0 Å². The number of rotatable bonds is 6. The third kappa shape index (κ3) is 3.92. The maximum Gasteiger partial charge on any atom is 0.257 e. The monoisotopic (exact) mass is 316 g/mol. The zero-order chi connectivity index (χ0) is 17.0. The minimum absolute atomic E-state index is 0.0342. The van der Waals surface area contributed by atoms with E-state index in [1.54, 1.807) is 14.0 Å². The third-order valence-electron chi connectivity index (χ3n) is 3.74. The van der Waals surface area contributed by atoms with E-state index in [-0.39, 0.29) is 17.9 Å². The molecule has 0 fully saturated rings. The van der Waals surface area contributed by atoms with Gasteiger partial charge in [-0.25, -0.2) is 0 Å². The standard InChI is InChI=1S/C18H24N2O3/c1-11(2)17-16(13(4)20-23-17)18(21)19-12(3)10-14-8-6-7-9-15(14)22-5/h6-9,11-12H,10H2,1-5H3,(H,19,21)/t12-/m0/s1. The molecule has 2 rings (SSSR count). The smallest absolute Gasteiger partial charge is 0.257 e. The minimum Gasteiger partial charge on any atom is -0.496 e. The van der Waals surface area contributed by atoms with Gasteiger partial charge in [0, 0.05) is 12.0 Å². The Kier molecular flexibility index (Phi) is 5.42. The minimum atomic E-state index is -0.144. The highest BCUT2D eigenvalue weighted by Crippen LogP contribution is 2.23. The molecule has 1 atom stereocenters. The van der Waals surface area contributed by atoms with Gasteiger partial charge in [0.25, 0.3) is 5.91 Å². The van der Waals surface area contributed by atoms with Crippen molar-refractivity contribution < 1.29 is 14.1 Å². The van der Waals surface area contributed by atoms with E-state index in [2.05, 4.69) is 10.5 Å². The van der Waals surface area contributed by atoms with Crippen molar-refractivity contribution in [3.63, 3.8) is 0 Å². The van der Waals surface area contributed by atoms with Gasteiger partial charge in [0.05, 0.1) is 12.8 Å². The number of aromatic nitrogens is 1. The third-order valence-corrected chi connectivity index (χ3v) is 3.74. The number of para-hydroxylation sites is 1.